The van der Waals surface area contributed by atoms with Crippen LogP contribution in [0.1, 0.15) is 12.8 Å². The first-order valence-corrected chi connectivity index (χ1v) is 11.8. The Kier molecular flexibility index (Phi) is 6.07. The number of nitrogens with zero attached hydrogens (tertiary/aromatic N) is 3. The van der Waals surface area contributed by atoms with E-state index in [-0.39, 0.29) is 22.5 Å². The lowest BCUT2D eigenvalue weighted by Gasteiger charge is -2.21. The topological polar surface area (TPSA) is 108 Å². The van der Waals surface area contributed by atoms with Crippen LogP contribution in [0, 0.1) is 5.92 Å². The maximum absolute atomic E-state index is 12.7. The molecule has 1 aromatic heterocycles. The number of carbonyl (C=O) groups excluding carboxylic acids is 1. The molecule has 1 amide bonds. The average molecular weight is 458 g/mol. The van der Waals surface area contributed by atoms with Crippen molar-refractivity contribution in [2.75, 3.05) is 44.4 Å². The number of likely N-dealkylation sites (N-methyl/N-ethyl adjacent to an activating group) is 2. The molecule has 9 nitrogen and oxygen atoms in total. The summed E-state index contributed by atoms with van der Waals surface area (Å²) >= 11 is 0. The minimum Gasteiger partial charge on any atom is -0.379 e. The van der Waals surface area contributed by atoms with Gasteiger partial charge >= 0.3 is 10.1 Å². The van der Waals surface area contributed by atoms with Crippen LogP contribution in [0.5, 0.6) is 5.75 Å². The van der Waals surface area contributed by atoms with E-state index in [1.807, 2.05) is 21.1 Å². The van der Waals surface area contributed by atoms with Crippen molar-refractivity contribution >= 4 is 38.7 Å². The number of nitrogens with one attached hydrogen (secondary N) is 2. The molecule has 1 saturated carbocycles. The summed E-state index contributed by atoms with van der Waals surface area (Å²) < 4.78 is 30.8. The van der Waals surface area contributed by atoms with E-state index in [4.69, 9.17) is 4.18 Å². The predicted molar refractivity (Wildman–Crippen MR) is 124 cm³/mol. The summed E-state index contributed by atoms with van der Waals surface area (Å²) in [5.41, 5.74) is 2.10. The van der Waals surface area contributed by atoms with Crippen LogP contribution in [0.3, 0.4) is 0 Å². The van der Waals surface area contributed by atoms with Gasteiger partial charge in [0.05, 0.1) is 11.0 Å². The van der Waals surface area contributed by atoms with Crippen molar-refractivity contribution in [2.24, 2.45) is 5.92 Å². The smallest absolute Gasteiger partial charge is 0.339 e. The third kappa shape index (κ3) is 5.20. The highest BCUT2D eigenvalue weighted by Gasteiger charge is 2.30. The summed E-state index contributed by atoms with van der Waals surface area (Å²) in [7, 11) is 1.98. The van der Waals surface area contributed by atoms with Gasteiger partial charge in [-0.05, 0) is 63.3 Å². The summed E-state index contributed by atoms with van der Waals surface area (Å²) in [6.45, 7) is 1.71. The van der Waals surface area contributed by atoms with Crippen LogP contribution in [0.15, 0.2) is 47.4 Å². The number of hydrogen-bond acceptors (Lipinski definition) is 7. The van der Waals surface area contributed by atoms with Gasteiger partial charge in [0, 0.05) is 37.8 Å². The van der Waals surface area contributed by atoms with Crippen LogP contribution in [-0.4, -0.2) is 63.4 Å². The van der Waals surface area contributed by atoms with E-state index in [1.165, 1.54) is 18.2 Å². The predicted octanol–water partition coefficient (Wildman–Crippen LogP) is 2.68. The van der Waals surface area contributed by atoms with E-state index in [0.717, 1.165) is 31.6 Å². The van der Waals surface area contributed by atoms with E-state index in [9.17, 15) is 13.2 Å². The standard InChI is InChI=1S/C22H27N5O4S/c1-26(2)12-13-27(3)16-6-9-18(10-7-16)32(29,30)31-17-8-11-19-20(14-17)24-22(23-19)25-21(28)15-4-5-15/h6-11,14-15H,4-5,12-13H2,1-3H3,(H2,23,24,25,28). The van der Waals surface area contributed by atoms with Gasteiger partial charge in [0.25, 0.3) is 0 Å². The molecular weight excluding hydrogens is 430 g/mol. The molecule has 4 rings (SSSR count). The number of benzene rings is 2. The maximum Gasteiger partial charge on any atom is 0.339 e. The highest BCUT2D eigenvalue weighted by molar-refractivity contribution is 7.87. The minimum absolute atomic E-state index is 0.0566. The van der Waals surface area contributed by atoms with Gasteiger partial charge in [-0.25, -0.2) is 4.98 Å². The molecule has 10 heteroatoms. The largest absolute Gasteiger partial charge is 0.379 e. The quantitative estimate of drug-likeness (QED) is 0.476. The van der Waals surface area contributed by atoms with Gasteiger partial charge in [-0.3, -0.25) is 10.1 Å². The molecule has 32 heavy (non-hydrogen) atoms. The number of rotatable bonds is 9. The number of hydrogen-bond donors (Lipinski definition) is 2. The van der Waals surface area contributed by atoms with E-state index in [0.29, 0.717) is 17.0 Å². The van der Waals surface area contributed by atoms with Crippen molar-refractivity contribution < 1.29 is 17.4 Å². The molecule has 0 radical (unpaired) electrons. The lowest BCUT2D eigenvalue weighted by atomic mass is 10.3. The molecular formula is C22H27N5O4S. The Bertz CT molecular complexity index is 1220. The second-order valence-electron chi connectivity index (χ2n) is 8.28. The van der Waals surface area contributed by atoms with Crippen LogP contribution < -0.4 is 14.4 Å². The Hall–Kier alpha value is -3.11. The van der Waals surface area contributed by atoms with E-state index in [2.05, 4.69) is 25.1 Å². The Morgan fingerprint density at radius 3 is 2.50 bits per heavy atom. The molecule has 1 aliphatic rings. The Balaban J connectivity index is 1.45. The molecule has 1 aliphatic carbocycles. The van der Waals surface area contributed by atoms with Crippen molar-refractivity contribution in [1.29, 1.82) is 0 Å². The molecule has 0 atom stereocenters. The second kappa shape index (κ2) is 8.79. The average Bonchev–Trinajstić information content (AvgIpc) is 3.53. The second-order valence-corrected chi connectivity index (χ2v) is 9.83. The zero-order chi connectivity index (χ0) is 22.9. The molecule has 0 aliphatic heterocycles. The third-order valence-electron chi connectivity index (χ3n) is 5.30. The molecule has 1 fully saturated rings. The van der Waals surface area contributed by atoms with Crippen LogP contribution in [0.2, 0.25) is 0 Å². The SMILES string of the molecule is CN(C)CCN(C)c1ccc(S(=O)(=O)Oc2ccc3nc(NC(=O)C4CC4)[nH]c3c2)cc1. The summed E-state index contributed by atoms with van der Waals surface area (Å²) in [6.07, 6.45) is 1.80. The molecule has 2 aromatic carbocycles. The van der Waals surface area contributed by atoms with Crippen LogP contribution in [0.4, 0.5) is 11.6 Å². The maximum atomic E-state index is 12.7. The molecule has 170 valence electrons. The zero-order valence-electron chi connectivity index (χ0n) is 18.3. The monoisotopic (exact) mass is 457 g/mol. The molecule has 0 spiro atoms. The molecule has 3 aromatic rings. The van der Waals surface area contributed by atoms with Crippen LogP contribution in [-0.2, 0) is 14.9 Å². The highest BCUT2D eigenvalue weighted by Crippen LogP contribution is 2.30. The number of H-pyrrole nitrogens is 1. The zero-order valence-corrected chi connectivity index (χ0v) is 19.1. The van der Waals surface area contributed by atoms with Gasteiger partial charge in [-0.2, -0.15) is 8.42 Å². The van der Waals surface area contributed by atoms with E-state index in [1.54, 1.807) is 24.3 Å². The first-order chi connectivity index (χ1) is 15.2. The van der Waals surface area contributed by atoms with Crippen molar-refractivity contribution in [3.8, 4) is 5.75 Å². The van der Waals surface area contributed by atoms with Gasteiger partial charge in [0.15, 0.2) is 0 Å². The first-order valence-electron chi connectivity index (χ1n) is 10.4. The summed E-state index contributed by atoms with van der Waals surface area (Å²) in [5, 5.41) is 2.74. The Morgan fingerprint density at radius 2 is 1.84 bits per heavy atom. The number of imidazole rings is 1. The van der Waals surface area contributed by atoms with Gasteiger partial charge in [-0.15, -0.1) is 0 Å². The molecule has 0 unspecified atom stereocenters. The summed E-state index contributed by atoms with van der Waals surface area (Å²) in [5.74, 6) is 0.504. The van der Waals surface area contributed by atoms with Gasteiger partial charge in [-0.1, -0.05) is 0 Å². The number of aromatic nitrogens is 2. The number of carbonyl (C=O) groups is 1. The molecule has 2 N–H and O–H groups in total. The van der Waals surface area contributed by atoms with E-state index < -0.39 is 10.1 Å². The highest BCUT2D eigenvalue weighted by atomic mass is 32.2. The van der Waals surface area contributed by atoms with Crippen molar-refractivity contribution in [2.45, 2.75) is 17.7 Å². The Labute approximate surface area is 187 Å². The number of fused-ring (bicyclic) bond motifs is 1. The number of amides is 1. The van der Waals surface area contributed by atoms with Crippen molar-refractivity contribution in [3.05, 3.63) is 42.5 Å². The normalized spacial score (nSPS) is 14.0. The van der Waals surface area contributed by atoms with E-state index >= 15 is 0 Å². The van der Waals surface area contributed by atoms with Crippen LogP contribution >= 0.6 is 0 Å². The molecule has 1 heterocycles. The fourth-order valence-corrected chi connectivity index (χ4v) is 4.11. The Morgan fingerprint density at radius 1 is 1.12 bits per heavy atom. The summed E-state index contributed by atoms with van der Waals surface area (Å²) in [4.78, 5) is 23.4. The first kappa shape index (κ1) is 22.1. The third-order valence-corrected chi connectivity index (χ3v) is 6.56. The number of aromatic amines is 1. The summed E-state index contributed by atoms with van der Waals surface area (Å²) in [6, 6.07) is 11.3. The number of anilines is 2. The molecule has 0 bridgehead atoms. The lowest BCUT2D eigenvalue weighted by molar-refractivity contribution is -0.117. The van der Waals surface area contributed by atoms with Crippen LogP contribution in [0.25, 0.3) is 11.0 Å². The van der Waals surface area contributed by atoms with Gasteiger partial charge in [0.1, 0.15) is 10.6 Å². The van der Waals surface area contributed by atoms with Crippen molar-refractivity contribution in [3.63, 3.8) is 0 Å². The van der Waals surface area contributed by atoms with Gasteiger partial charge < -0.3 is 19.0 Å². The van der Waals surface area contributed by atoms with Gasteiger partial charge in [0.2, 0.25) is 11.9 Å². The fourth-order valence-electron chi connectivity index (χ4n) is 3.19. The lowest BCUT2D eigenvalue weighted by Crippen LogP contribution is -2.28. The fraction of sp³-hybridized carbons (Fsp3) is 0.364. The van der Waals surface area contributed by atoms with Crippen molar-refractivity contribution in [1.82, 2.24) is 14.9 Å². The minimum atomic E-state index is -4.00. The molecule has 0 saturated heterocycles.